The summed E-state index contributed by atoms with van der Waals surface area (Å²) < 4.78 is 5.09. The molecule has 1 saturated heterocycles. The van der Waals surface area contributed by atoms with E-state index < -0.39 is 45.2 Å². The fraction of sp³-hybridized carbons (Fsp3) is 1.00. The maximum Gasteiger partial charge on any atom is 0.173 e. The number of ether oxygens (including phenoxy) is 1. The van der Waals surface area contributed by atoms with Crippen LogP contribution in [0.5, 0.6) is 0 Å². The molecule has 6 nitrogen and oxygen atoms in total. The molecule has 90 valence electrons. The summed E-state index contributed by atoms with van der Waals surface area (Å²) in [7, 11) is -1.84. The van der Waals surface area contributed by atoms with Crippen LogP contribution in [0, 0.1) is 0 Å². The quantitative estimate of drug-likeness (QED) is 0.332. The smallest absolute Gasteiger partial charge is 0.173 e. The van der Waals surface area contributed by atoms with Gasteiger partial charge in [-0.1, -0.05) is 13.1 Å². The number of rotatable bonds is 2. The molecule has 1 aliphatic rings. The van der Waals surface area contributed by atoms with Crippen molar-refractivity contribution in [2.75, 3.05) is 6.61 Å². The molecule has 0 aromatic carbocycles. The lowest BCUT2D eigenvalue weighted by Gasteiger charge is -2.47. The first-order chi connectivity index (χ1) is 6.84. The van der Waals surface area contributed by atoms with Crippen LogP contribution in [0.2, 0.25) is 13.1 Å². The van der Waals surface area contributed by atoms with Crippen LogP contribution in [0.3, 0.4) is 0 Å². The molecule has 0 aromatic rings. The summed E-state index contributed by atoms with van der Waals surface area (Å²) in [6.45, 7) is 2.96. The molecule has 1 aliphatic heterocycles. The second-order valence-electron chi connectivity index (χ2n) is 4.17. The molecular weight excluding hydrogens is 220 g/mol. The first-order valence-corrected chi connectivity index (χ1v) is 7.78. The van der Waals surface area contributed by atoms with Crippen LogP contribution >= 0.6 is 0 Å². The van der Waals surface area contributed by atoms with Gasteiger partial charge in [0.05, 0.1) is 6.61 Å². The molecule has 0 saturated carbocycles. The highest BCUT2D eigenvalue weighted by atomic mass is 28.3. The zero-order chi connectivity index (χ0) is 11.8. The van der Waals surface area contributed by atoms with E-state index in [1.807, 2.05) is 0 Å². The predicted octanol–water partition coefficient (Wildman–Crippen LogP) is -2.83. The molecule has 0 radical (unpaired) electrons. The van der Waals surface area contributed by atoms with E-state index in [0.29, 0.717) is 0 Å². The van der Waals surface area contributed by atoms with Gasteiger partial charge in [-0.3, -0.25) is 0 Å². The van der Waals surface area contributed by atoms with E-state index in [0.717, 1.165) is 0 Å². The Morgan fingerprint density at radius 1 is 1.20 bits per heavy atom. The number of hydrogen-bond donors (Lipinski definition) is 5. The van der Waals surface area contributed by atoms with Gasteiger partial charge in [-0.05, 0) is 0 Å². The maximum atomic E-state index is 10.0. The molecule has 1 heterocycles. The van der Waals surface area contributed by atoms with Crippen molar-refractivity contribution in [3.8, 4) is 0 Å². The normalized spacial score (nSPS) is 47.2. The lowest BCUT2D eigenvalue weighted by atomic mass is 9.99. The third-order valence-corrected chi connectivity index (χ3v) is 4.96. The second-order valence-corrected chi connectivity index (χ2v) is 7.31. The predicted molar refractivity (Wildman–Crippen MR) is 53.8 cm³/mol. The monoisotopic (exact) mass is 238 g/mol. The largest absolute Gasteiger partial charge is 0.394 e. The Bertz CT molecular complexity index is 223. The van der Waals surface area contributed by atoms with Gasteiger partial charge in [-0.25, -0.2) is 0 Å². The summed E-state index contributed by atoms with van der Waals surface area (Å²) >= 11 is 0. The average Bonchev–Trinajstić information content (AvgIpc) is 2.20. The second kappa shape index (κ2) is 4.46. The van der Waals surface area contributed by atoms with Gasteiger partial charge in [0.2, 0.25) is 0 Å². The minimum atomic E-state index is -1.84. The van der Waals surface area contributed by atoms with Crippen LogP contribution in [0.15, 0.2) is 0 Å². The Balaban J connectivity index is 2.92. The highest BCUT2D eigenvalue weighted by Crippen LogP contribution is 2.29. The van der Waals surface area contributed by atoms with Gasteiger partial charge in [-0.15, -0.1) is 0 Å². The molecule has 5 atom stereocenters. The SMILES string of the molecule is C[SiH](C)[C@]1(O)O[C@H](CO)[C@@H](O)[C@H](O)[C@H]1O. The lowest BCUT2D eigenvalue weighted by Crippen LogP contribution is -2.69. The number of aliphatic hydroxyl groups excluding tert-OH is 4. The van der Waals surface area contributed by atoms with Gasteiger partial charge >= 0.3 is 0 Å². The minimum Gasteiger partial charge on any atom is -0.394 e. The summed E-state index contributed by atoms with van der Waals surface area (Å²) in [5.74, 6) is 0. The molecule has 0 aromatic heterocycles. The van der Waals surface area contributed by atoms with Crippen molar-refractivity contribution >= 4 is 8.80 Å². The lowest BCUT2D eigenvalue weighted by molar-refractivity contribution is -0.313. The van der Waals surface area contributed by atoms with Gasteiger partial charge in [0.25, 0.3) is 0 Å². The maximum absolute atomic E-state index is 10.0. The molecule has 0 bridgehead atoms. The summed E-state index contributed by atoms with van der Waals surface area (Å²) in [6, 6.07) is 0. The summed E-state index contributed by atoms with van der Waals surface area (Å²) in [4.78, 5) is 0. The molecular formula is C8H18O6Si. The van der Waals surface area contributed by atoms with Crippen LogP contribution < -0.4 is 0 Å². The van der Waals surface area contributed by atoms with E-state index >= 15 is 0 Å². The van der Waals surface area contributed by atoms with Gasteiger partial charge < -0.3 is 30.3 Å². The Kier molecular flexibility index (Phi) is 3.88. The van der Waals surface area contributed by atoms with Crippen molar-refractivity contribution < 1.29 is 30.3 Å². The Morgan fingerprint density at radius 3 is 2.13 bits per heavy atom. The highest BCUT2D eigenvalue weighted by molar-refractivity contribution is 6.58. The van der Waals surface area contributed by atoms with Crippen LogP contribution in [-0.2, 0) is 4.74 Å². The van der Waals surface area contributed by atoms with Crippen LogP contribution in [0.1, 0.15) is 0 Å². The highest BCUT2D eigenvalue weighted by Gasteiger charge is 2.54. The molecule has 1 fully saturated rings. The Hall–Kier alpha value is -0.0231. The molecule has 7 heteroatoms. The zero-order valence-corrected chi connectivity index (χ0v) is 9.89. The summed E-state index contributed by atoms with van der Waals surface area (Å²) in [5.41, 5.74) is -1.81. The molecule has 0 spiro atoms. The molecule has 1 rings (SSSR count). The van der Waals surface area contributed by atoms with Crippen molar-refractivity contribution in [2.24, 2.45) is 0 Å². The molecule has 15 heavy (non-hydrogen) atoms. The van der Waals surface area contributed by atoms with Gasteiger partial charge in [0.15, 0.2) is 5.41 Å². The van der Waals surface area contributed by atoms with E-state index in [2.05, 4.69) is 0 Å². The van der Waals surface area contributed by atoms with Gasteiger partial charge in [0, 0.05) is 0 Å². The fourth-order valence-corrected chi connectivity index (χ4v) is 2.98. The third-order valence-electron chi connectivity index (χ3n) is 2.83. The van der Waals surface area contributed by atoms with Gasteiger partial charge in [-0.2, -0.15) is 0 Å². The van der Waals surface area contributed by atoms with Crippen LogP contribution in [0.25, 0.3) is 0 Å². The van der Waals surface area contributed by atoms with Crippen molar-refractivity contribution in [1.29, 1.82) is 0 Å². The number of hydrogen-bond acceptors (Lipinski definition) is 6. The third kappa shape index (κ3) is 2.09. The molecule has 5 N–H and O–H groups in total. The first-order valence-electron chi connectivity index (χ1n) is 4.89. The Morgan fingerprint density at radius 2 is 1.73 bits per heavy atom. The number of aliphatic hydroxyl groups is 5. The fourth-order valence-electron chi connectivity index (χ4n) is 1.66. The minimum absolute atomic E-state index is 0.519. The molecule has 0 aliphatic carbocycles. The summed E-state index contributed by atoms with van der Waals surface area (Å²) in [5, 5.41) is 47.5. The van der Waals surface area contributed by atoms with Crippen LogP contribution in [-0.4, -0.2) is 70.8 Å². The summed E-state index contributed by atoms with van der Waals surface area (Å²) in [6.07, 6.45) is -5.50. The van der Waals surface area contributed by atoms with Crippen molar-refractivity contribution in [3.63, 3.8) is 0 Å². The zero-order valence-electron chi connectivity index (χ0n) is 8.74. The van der Waals surface area contributed by atoms with E-state index in [4.69, 9.17) is 9.84 Å². The standard InChI is InChI=1S/C8H18O6Si/c1-15(2)8(13)7(12)6(11)5(10)4(3-9)14-8/h4-7,9-13,15H,3H2,1-2H3/t4-,5-,6+,7-,8-/m1/s1. The van der Waals surface area contributed by atoms with Crippen molar-refractivity contribution in [1.82, 2.24) is 0 Å². The Labute approximate surface area is 89.4 Å². The van der Waals surface area contributed by atoms with E-state index in [-0.39, 0.29) is 0 Å². The van der Waals surface area contributed by atoms with Crippen molar-refractivity contribution in [2.45, 2.75) is 42.9 Å². The van der Waals surface area contributed by atoms with E-state index in [1.54, 1.807) is 13.1 Å². The first kappa shape index (κ1) is 13.0. The average molecular weight is 238 g/mol. The topological polar surface area (TPSA) is 110 Å². The van der Waals surface area contributed by atoms with E-state index in [9.17, 15) is 20.4 Å². The van der Waals surface area contributed by atoms with Crippen molar-refractivity contribution in [3.05, 3.63) is 0 Å². The van der Waals surface area contributed by atoms with Crippen LogP contribution in [0.4, 0.5) is 0 Å². The van der Waals surface area contributed by atoms with Gasteiger partial charge in [0.1, 0.15) is 33.2 Å². The van der Waals surface area contributed by atoms with E-state index in [1.165, 1.54) is 0 Å². The molecule has 0 unspecified atom stereocenters. The molecule has 0 amide bonds.